The van der Waals surface area contributed by atoms with Gasteiger partial charge < -0.3 is 15.2 Å². The third-order valence-electron chi connectivity index (χ3n) is 3.13. The molecule has 17 heavy (non-hydrogen) atoms. The van der Waals surface area contributed by atoms with E-state index in [2.05, 4.69) is 12.1 Å². The lowest BCUT2D eigenvalue weighted by Crippen LogP contribution is -2.39. The molecule has 0 aromatic heterocycles. The molecule has 0 aliphatic heterocycles. The van der Waals surface area contributed by atoms with Crippen LogP contribution in [0.15, 0.2) is 42.5 Å². The molecular formula is C14H17NO2. The normalized spacial score (nSPS) is 11.9. The van der Waals surface area contributed by atoms with Crippen molar-refractivity contribution in [3.8, 4) is 0 Å². The van der Waals surface area contributed by atoms with Gasteiger partial charge in [0, 0.05) is 19.8 Å². The van der Waals surface area contributed by atoms with Crippen LogP contribution in [0.2, 0.25) is 0 Å². The summed E-state index contributed by atoms with van der Waals surface area (Å²) in [6, 6.07) is 14.2. The van der Waals surface area contributed by atoms with Crippen LogP contribution in [0.5, 0.6) is 0 Å². The van der Waals surface area contributed by atoms with Gasteiger partial charge in [-0.3, -0.25) is 0 Å². The van der Waals surface area contributed by atoms with Crippen LogP contribution in [0.3, 0.4) is 0 Å². The number of methoxy groups -OCH3 is 2. The van der Waals surface area contributed by atoms with E-state index in [1.54, 1.807) is 14.2 Å². The van der Waals surface area contributed by atoms with E-state index < -0.39 is 5.79 Å². The predicted octanol–water partition coefficient (Wildman–Crippen LogP) is 2.24. The molecule has 0 radical (unpaired) electrons. The fourth-order valence-corrected chi connectivity index (χ4v) is 2.14. The van der Waals surface area contributed by atoms with Gasteiger partial charge in [-0.1, -0.05) is 42.5 Å². The first-order chi connectivity index (χ1) is 8.27. The Kier molecular flexibility index (Phi) is 3.43. The zero-order valence-electron chi connectivity index (χ0n) is 10.1. The molecule has 2 aromatic rings. The first kappa shape index (κ1) is 12.0. The first-order valence-electron chi connectivity index (χ1n) is 5.56. The maximum atomic E-state index is 5.80. The second-order valence-corrected chi connectivity index (χ2v) is 3.89. The second kappa shape index (κ2) is 4.84. The van der Waals surface area contributed by atoms with Crippen LogP contribution < -0.4 is 5.73 Å². The van der Waals surface area contributed by atoms with E-state index in [0.717, 1.165) is 16.3 Å². The number of benzene rings is 2. The van der Waals surface area contributed by atoms with Gasteiger partial charge >= 0.3 is 0 Å². The molecule has 3 heteroatoms. The summed E-state index contributed by atoms with van der Waals surface area (Å²) in [5.41, 5.74) is 6.76. The molecule has 0 aliphatic rings. The zero-order valence-corrected chi connectivity index (χ0v) is 10.1. The van der Waals surface area contributed by atoms with Crippen molar-refractivity contribution in [3.05, 3.63) is 48.0 Å². The van der Waals surface area contributed by atoms with Crippen molar-refractivity contribution in [3.63, 3.8) is 0 Å². The molecule has 0 spiro atoms. The van der Waals surface area contributed by atoms with Crippen LogP contribution in [0.25, 0.3) is 10.8 Å². The SMILES string of the molecule is COC(CN)(OC)c1cccc2ccccc12. The van der Waals surface area contributed by atoms with Crippen LogP contribution in [0.4, 0.5) is 0 Å². The van der Waals surface area contributed by atoms with Crippen LogP contribution >= 0.6 is 0 Å². The smallest absolute Gasteiger partial charge is 0.207 e. The molecule has 0 saturated carbocycles. The van der Waals surface area contributed by atoms with Crippen LogP contribution in [-0.4, -0.2) is 20.8 Å². The Balaban J connectivity index is 2.69. The number of fused-ring (bicyclic) bond motifs is 1. The number of nitrogens with two attached hydrogens (primary N) is 1. The van der Waals surface area contributed by atoms with E-state index in [4.69, 9.17) is 15.2 Å². The highest BCUT2D eigenvalue weighted by Gasteiger charge is 2.31. The highest BCUT2D eigenvalue weighted by atomic mass is 16.7. The van der Waals surface area contributed by atoms with Crippen molar-refractivity contribution in [2.24, 2.45) is 5.73 Å². The Bertz CT molecular complexity index is 493. The average Bonchev–Trinajstić information content (AvgIpc) is 2.41. The number of hydrogen-bond acceptors (Lipinski definition) is 3. The summed E-state index contributed by atoms with van der Waals surface area (Å²) in [4.78, 5) is 0. The van der Waals surface area contributed by atoms with Gasteiger partial charge in [0.25, 0.3) is 0 Å². The van der Waals surface area contributed by atoms with Gasteiger partial charge in [0.1, 0.15) is 0 Å². The Morgan fingerprint density at radius 1 is 1.00 bits per heavy atom. The van der Waals surface area contributed by atoms with Gasteiger partial charge in [-0.25, -0.2) is 0 Å². The third kappa shape index (κ3) is 1.93. The summed E-state index contributed by atoms with van der Waals surface area (Å²) in [5, 5.41) is 2.25. The monoisotopic (exact) mass is 231 g/mol. The van der Waals surface area contributed by atoms with E-state index in [-0.39, 0.29) is 6.54 Å². The molecule has 2 N–H and O–H groups in total. The highest BCUT2D eigenvalue weighted by molar-refractivity contribution is 5.86. The molecule has 2 rings (SSSR count). The van der Waals surface area contributed by atoms with Crippen LogP contribution in [0, 0.1) is 0 Å². The van der Waals surface area contributed by atoms with Crippen molar-refractivity contribution < 1.29 is 9.47 Å². The fraction of sp³-hybridized carbons (Fsp3) is 0.286. The summed E-state index contributed by atoms with van der Waals surface area (Å²) in [6.07, 6.45) is 0. The van der Waals surface area contributed by atoms with E-state index in [9.17, 15) is 0 Å². The molecular weight excluding hydrogens is 214 g/mol. The standard InChI is InChI=1S/C14H17NO2/c1-16-14(10-15,17-2)13-9-5-7-11-6-3-4-8-12(11)13/h3-9H,10,15H2,1-2H3. The van der Waals surface area contributed by atoms with Crippen molar-refractivity contribution in [2.45, 2.75) is 5.79 Å². The maximum Gasteiger partial charge on any atom is 0.207 e. The molecule has 2 aromatic carbocycles. The minimum Gasteiger partial charge on any atom is -0.348 e. The van der Waals surface area contributed by atoms with Gasteiger partial charge in [0.15, 0.2) is 0 Å². The first-order valence-corrected chi connectivity index (χ1v) is 5.56. The highest BCUT2D eigenvalue weighted by Crippen LogP contribution is 2.31. The Morgan fingerprint density at radius 2 is 1.65 bits per heavy atom. The second-order valence-electron chi connectivity index (χ2n) is 3.89. The topological polar surface area (TPSA) is 44.5 Å². The summed E-state index contributed by atoms with van der Waals surface area (Å²) < 4.78 is 11.0. The van der Waals surface area contributed by atoms with Crippen molar-refractivity contribution in [1.82, 2.24) is 0 Å². The zero-order chi connectivity index (χ0) is 12.3. The molecule has 90 valence electrons. The summed E-state index contributed by atoms with van der Waals surface area (Å²) in [5.74, 6) is -0.874. The number of ether oxygens (including phenoxy) is 2. The van der Waals surface area contributed by atoms with Crippen molar-refractivity contribution >= 4 is 10.8 Å². The lowest BCUT2D eigenvalue weighted by atomic mass is 9.97. The van der Waals surface area contributed by atoms with E-state index in [1.165, 1.54) is 0 Å². The number of rotatable bonds is 4. The van der Waals surface area contributed by atoms with E-state index in [0.29, 0.717) is 0 Å². The molecule has 0 unspecified atom stereocenters. The Labute approximate surface area is 101 Å². The fourth-order valence-electron chi connectivity index (χ4n) is 2.14. The predicted molar refractivity (Wildman–Crippen MR) is 68.7 cm³/mol. The average molecular weight is 231 g/mol. The number of hydrogen-bond donors (Lipinski definition) is 1. The molecule has 0 aliphatic carbocycles. The van der Waals surface area contributed by atoms with Gasteiger partial charge in [-0.05, 0) is 10.8 Å². The minimum atomic E-state index is -0.874. The van der Waals surface area contributed by atoms with E-state index in [1.807, 2.05) is 30.3 Å². The van der Waals surface area contributed by atoms with Gasteiger partial charge in [-0.15, -0.1) is 0 Å². The van der Waals surface area contributed by atoms with Gasteiger partial charge in [0.05, 0.1) is 6.54 Å². The molecule has 0 amide bonds. The Hall–Kier alpha value is -1.42. The lowest BCUT2D eigenvalue weighted by Gasteiger charge is -2.30. The molecule has 0 fully saturated rings. The molecule has 0 heterocycles. The Morgan fingerprint density at radius 3 is 2.29 bits per heavy atom. The summed E-state index contributed by atoms with van der Waals surface area (Å²) in [7, 11) is 3.22. The summed E-state index contributed by atoms with van der Waals surface area (Å²) >= 11 is 0. The van der Waals surface area contributed by atoms with Crippen LogP contribution in [-0.2, 0) is 15.3 Å². The van der Waals surface area contributed by atoms with E-state index >= 15 is 0 Å². The third-order valence-corrected chi connectivity index (χ3v) is 3.13. The summed E-state index contributed by atoms with van der Waals surface area (Å²) in [6.45, 7) is 0.272. The molecule has 0 bridgehead atoms. The largest absolute Gasteiger partial charge is 0.348 e. The molecule has 0 atom stereocenters. The van der Waals surface area contributed by atoms with Crippen molar-refractivity contribution in [1.29, 1.82) is 0 Å². The lowest BCUT2D eigenvalue weighted by molar-refractivity contribution is -0.206. The van der Waals surface area contributed by atoms with Gasteiger partial charge in [-0.2, -0.15) is 0 Å². The van der Waals surface area contributed by atoms with Crippen LogP contribution in [0.1, 0.15) is 5.56 Å². The minimum absolute atomic E-state index is 0.272. The molecule has 3 nitrogen and oxygen atoms in total. The molecule has 0 saturated heterocycles. The maximum absolute atomic E-state index is 5.80. The van der Waals surface area contributed by atoms with Crippen molar-refractivity contribution in [2.75, 3.05) is 20.8 Å². The quantitative estimate of drug-likeness (QED) is 0.821. The van der Waals surface area contributed by atoms with Gasteiger partial charge in [0.2, 0.25) is 5.79 Å².